The van der Waals surface area contributed by atoms with Crippen molar-refractivity contribution in [1.29, 1.82) is 0 Å². The Balaban J connectivity index is 3.08. The van der Waals surface area contributed by atoms with Crippen molar-refractivity contribution in [2.24, 2.45) is 0 Å². The molecule has 0 radical (unpaired) electrons. The van der Waals surface area contributed by atoms with Gasteiger partial charge in [0.2, 0.25) is 0 Å². The molecule has 1 heterocycles. The first-order valence-corrected chi connectivity index (χ1v) is 4.46. The molecule has 0 spiro atoms. The van der Waals surface area contributed by atoms with Crippen LogP contribution in [0.25, 0.3) is 0 Å². The lowest BCUT2D eigenvalue weighted by atomic mass is 10.2. The third-order valence-electron chi connectivity index (χ3n) is 1.31. The second-order valence-corrected chi connectivity index (χ2v) is 3.25. The van der Waals surface area contributed by atoms with Gasteiger partial charge in [-0.3, -0.25) is 4.98 Å². The van der Waals surface area contributed by atoms with Crippen molar-refractivity contribution < 1.29 is 8.78 Å². The molecule has 1 nitrogen and oxygen atoms in total. The van der Waals surface area contributed by atoms with E-state index in [4.69, 9.17) is 11.6 Å². The molecule has 0 amide bonds. The molecule has 0 aliphatic rings. The van der Waals surface area contributed by atoms with E-state index in [0.717, 1.165) is 0 Å². The van der Waals surface area contributed by atoms with Gasteiger partial charge >= 0.3 is 0 Å². The molecular formula is C7H5BrClF2N. The van der Waals surface area contributed by atoms with E-state index in [0.29, 0.717) is 10.2 Å². The highest BCUT2D eigenvalue weighted by atomic mass is 79.9. The predicted octanol–water partition coefficient (Wildman–Crippen LogP) is 3.52. The summed E-state index contributed by atoms with van der Waals surface area (Å²) in [6.07, 6.45) is -1.16. The molecule has 1 rings (SSSR count). The molecule has 0 unspecified atom stereocenters. The predicted molar refractivity (Wildman–Crippen MR) is 46.5 cm³/mol. The third kappa shape index (κ3) is 2.14. The standard InChI is InChI=1S/C7H5BrClF2N/c8-6-3-12-4(2-9)1-5(6)7(10)11/h1,3,7H,2H2. The number of pyridine rings is 1. The Morgan fingerprint density at radius 3 is 2.75 bits per heavy atom. The molecule has 0 fully saturated rings. The van der Waals surface area contributed by atoms with Gasteiger partial charge in [-0.15, -0.1) is 11.6 Å². The van der Waals surface area contributed by atoms with Gasteiger partial charge in [-0.25, -0.2) is 8.78 Å². The van der Waals surface area contributed by atoms with Crippen LogP contribution in [0.4, 0.5) is 8.78 Å². The normalized spacial score (nSPS) is 10.8. The minimum Gasteiger partial charge on any atom is -0.259 e. The highest BCUT2D eigenvalue weighted by Gasteiger charge is 2.12. The van der Waals surface area contributed by atoms with Crippen LogP contribution in [0.15, 0.2) is 16.7 Å². The molecular weight excluding hydrogens is 251 g/mol. The maximum Gasteiger partial charge on any atom is 0.265 e. The number of halogens is 4. The van der Waals surface area contributed by atoms with Crippen molar-refractivity contribution in [3.8, 4) is 0 Å². The fraction of sp³-hybridized carbons (Fsp3) is 0.286. The molecule has 5 heteroatoms. The number of nitrogens with zero attached hydrogens (tertiary/aromatic N) is 1. The van der Waals surface area contributed by atoms with Crippen LogP contribution < -0.4 is 0 Å². The second-order valence-electron chi connectivity index (χ2n) is 2.13. The van der Waals surface area contributed by atoms with Crippen LogP contribution in [0.1, 0.15) is 17.7 Å². The van der Waals surface area contributed by atoms with E-state index in [1.807, 2.05) is 0 Å². The summed E-state index contributed by atoms with van der Waals surface area (Å²) in [6.45, 7) is 0. The lowest BCUT2D eigenvalue weighted by Gasteiger charge is -2.03. The fourth-order valence-electron chi connectivity index (χ4n) is 0.740. The van der Waals surface area contributed by atoms with Crippen LogP contribution in [0.5, 0.6) is 0 Å². The van der Waals surface area contributed by atoms with Crippen LogP contribution in [-0.4, -0.2) is 4.98 Å². The van der Waals surface area contributed by atoms with Crippen LogP contribution >= 0.6 is 27.5 Å². The van der Waals surface area contributed by atoms with E-state index in [1.165, 1.54) is 12.3 Å². The van der Waals surface area contributed by atoms with Gasteiger partial charge < -0.3 is 0 Å². The highest BCUT2D eigenvalue weighted by molar-refractivity contribution is 9.10. The first-order valence-electron chi connectivity index (χ1n) is 3.13. The van der Waals surface area contributed by atoms with Gasteiger partial charge in [-0.1, -0.05) is 0 Å². The molecule has 0 saturated heterocycles. The van der Waals surface area contributed by atoms with Gasteiger partial charge in [0.15, 0.2) is 0 Å². The Morgan fingerprint density at radius 2 is 2.25 bits per heavy atom. The van der Waals surface area contributed by atoms with Crippen LogP contribution in [0.2, 0.25) is 0 Å². The fourth-order valence-corrected chi connectivity index (χ4v) is 1.28. The molecule has 12 heavy (non-hydrogen) atoms. The Kier molecular flexibility index (Phi) is 3.40. The summed E-state index contributed by atoms with van der Waals surface area (Å²) in [5, 5.41) is 0. The van der Waals surface area contributed by atoms with Gasteiger partial charge in [0.1, 0.15) is 0 Å². The highest BCUT2D eigenvalue weighted by Crippen LogP contribution is 2.27. The number of hydrogen-bond acceptors (Lipinski definition) is 1. The zero-order chi connectivity index (χ0) is 9.14. The molecule has 0 aromatic carbocycles. The van der Waals surface area contributed by atoms with Crippen molar-refractivity contribution in [2.45, 2.75) is 12.3 Å². The Morgan fingerprint density at radius 1 is 1.58 bits per heavy atom. The first-order chi connectivity index (χ1) is 5.65. The smallest absolute Gasteiger partial charge is 0.259 e. The average molecular weight is 256 g/mol. The van der Waals surface area contributed by atoms with E-state index in [-0.39, 0.29) is 11.4 Å². The van der Waals surface area contributed by atoms with E-state index < -0.39 is 6.43 Å². The van der Waals surface area contributed by atoms with Crippen LogP contribution in [0, 0.1) is 0 Å². The minimum atomic E-state index is -2.50. The van der Waals surface area contributed by atoms with Gasteiger partial charge in [-0.05, 0) is 22.0 Å². The largest absolute Gasteiger partial charge is 0.265 e. The van der Waals surface area contributed by atoms with Crippen LogP contribution in [-0.2, 0) is 5.88 Å². The van der Waals surface area contributed by atoms with Crippen molar-refractivity contribution >= 4 is 27.5 Å². The Bertz CT molecular complexity index is 280. The van der Waals surface area contributed by atoms with Gasteiger partial charge in [0.05, 0.1) is 11.6 Å². The molecule has 0 aliphatic heterocycles. The summed E-state index contributed by atoms with van der Waals surface area (Å²) in [5.41, 5.74) is 0.385. The summed E-state index contributed by atoms with van der Waals surface area (Å²) in [5.74, 6) is 0.146. The zero-order valence-corrected chi connectivity index (χ0v) is 8.24. The van der Waals surface area contributed by atoms with Crippen molar-refractivity contribution in [3.05, 3.63) is 28.0 Å². The zero-order valence-electron chi connectivity index (χ0n) is 5.90. The molecule has 1 aromatic heterocycles. The van der Waals surface area contributed by atoms with Gasteiger partial charge in [0, 0.05) is 16.2 Å². The van der Waals surface area contributed by atoms with E-state index in [2.05, 4.69) is 20.9 Å². The Hall–Kier alpha value is -0.220. The third-order valence-corrected chi connectivity index (χ3v) is 2.25. The number of hydrogen-bond donors (Lipinski definition) is 0. The first kappa shape index (κ1) is 9.86. The second kappa shape index (κ2) is 4.14. The van der Waals surface area contributed by atoms with E-state index in [9.17, 15) is 8.78 Å². The SMILES string of the molecule is FC(F)c1cc(CCl)ncc1Br. The molecule has 0 N–H and O–H groups in total. The van der Waals surface area contributed by atoms with E-state index in [1.54, 1.807) is 0 Å². The maximum atomic E-state index is 12.2. The summed E-state index contributed by atoms with van der Waals surface area (Å²) in [4.78, 5) is 3.83. The van der Waals surface area contributed by atoms with Crippen molar-refractivity contribution in [3.63, 3.8) is 0 Å². The van der Waals surface area contributed by atoms with E-state index >= 15 is 0 Å². The molecule has 1 aromatic rings. The molecule has 0 aliphatic carbocycles. The molecule has 0 atom stereocenters. The molecule has 0 bridgehead atoms. The number of rotatable bonds is 2. The van der Waals surface area contributed by atoms with Crippen molar-refractivity contribution in [2.75, 3.05) is 0 Å². The maximum absolute atomic E-state index is 12.2. The summed E-state index contributed by atoms with van der Waals surface area (Å²) < 4.78 is 24.8. The lowest BCUT2D eigenvalue weighted by Crippen LogP contribution is -1.92. The van der Waals surface area contributed by atoms with Crippen molar-refractivity contribution in [1.82, 2.24) is 4.98 Å². The summed E-state index contributed by atoms with van der Waals surface area (Å²) >= 11 is 8.41. The lowest BCUT2D eigenvalue weighted by molar-refractivity contribution is 0.150. The topological polar surface area (TPSA) is 12.9 Å². The quantitative estimate of drug-likeness (QED) is 0.738. The summed E-state index contributed by atoms with van der Waals surface area (Å²) in [6, 6.07) is 1.29. The number of alkyl halides is 3. The molecule has 66 valence electrons. The molecule has 0 saturated carbocycles. The minimum absolute atomic E-state index is 0.0688. The monoisotopic (exact) mass is 255 g/mol. The average Bonchev–Trinajstić information content (AvgIpc) is 2.05. The summed E-state index contributed by atoms with van der Waals surface area (Å²) in [7, 11) is 0. The van der Waals surface area contributed by atoms with Crippen LogP contribution in [0.3, 0.4) is 0 Å². The van der Waals surface area contributed by atoms with Gasteiger partial charge in [-0.2, -0.15) is 0 Å². The van der Waals surface area contributed by atoms with Gasteiger partial charge in [0.25, 0.3) is 6.43 Å². The number of aromatic nitrogens is 1. The Labute approximate surface area is 81.9 Å².